The van der Waals surface area contributed by atoms with Crippen LogP contribution >= 0.6 is 0 Å². The van der Waals surface area contributed by atoms with Crippen molar-refractivity contribution in [1.29, 1.82) is 5.26 Å². The predicted octanol–water partition coefficient (Wildman–Crippen LogP) is 3.07. The molecule has 1 heterocycles. The fourth-order valence-corrected chi connectivity index (χ4v) is 3.64. The second-order valence-electron chi connectivity index (χ2n) is 6.13. The van der Waals surface area contributed by atoms with Gasteiger partial charge in [0, 0.05) is 6.04 Å². The third-order valence-electron chi connectivity index (χ3n) is 3.91. The summed E-state index contributed by atoms with van der Waals surface area (Å²) in [6.07, 6.45) is -9.39. The van der Waals surface area contributed by atoms with Crippen molar-refractivity contribution in [2.24, 2.45) is 0 Å². The smallest absolute Gasteiger partial charge is 0.268 e. The van der Waals surface area contributed by atoms with Crippen molar-refractivity contribution in [2.45, 2.75) is 36.1 Å². The van der Waals surface area contributed by atoms with Gasteiger partial charge in [-0.2, -0.15) is 36.3 Å². The van der Waals surface area contributed by atoms with Gasteiger partial charge in [-0.15, -0.1) is 5.10 Å². The molecule has 1 fully saturated rings. The maximum Gasteiger partial charge on any atom is 0.451 e. The largest absolute Gasteiger partial charge is 0.451 e. The summed E-state index contributed by atoms with van der Waals surface area (Å²) in [5.41, 5.74) is -3.00. The standard InChI is InChI=1S/C15H9F7N4O2S/c16-9-3-7(5-23)11(29(28)6-14(17,18)19)4-10(9)26-13(27)25(8-1-2-8)12(24-26)15(20,21)22/h3-4,8H,1-2,6H2. The van der Waals surface area contributed by atoms with E-state index in [1.165, 1.54) is 6.07 Å². The van der Waals surface area contributed by atoms with Crippen LogP contribution in [0.2, 0.25) is 0 Å². The Kier molecular flexibility index (Phi) is 5.06. The second-order valence-corrected chi connectivity index (χ2v) is 7.55. The molecule has 1 aliphatic rings. The molecule has 2 aromatic rings. The van der Waals surface area contributed by atoms with Crippen LogP contribution in [0.3, 0.4) is 0 Å². The minimum absolute atomic E-state index is 0.0475. The average Bonchev–Trinajstić information content (AvgIpc) is 3.35. The number of aromatic nitrogens is 3. The van der Waals surface area contributed by atoms with Crippen molar-refractivity contribution in [3.05, 3.63) is 39.8 Å². The van der Waals surface area contributed by atoms with Crippen molar-refractivity contribution in [3.8, 4) is 11.8 Å². The van der Waals surface area contributed by atoms with Gasteiger partial charge in [-0.1, -0.05) is 0 Å². The first-order valence-corrected chi connectivity index (χ1v) is 9.13. The number of hydrogen-bond donors (Lipinski definition) is 0. The topological polar surface area (TPSA) is 80.7 Å². The van der Waals surface area contributed by atoms with Gasteiger partial charge in [0.15, 0.2) is 0 Å². The normalized spacial score (nSPS) is 15.9. The molecule has 1 unspecified atom stereocenters. The zero-order valence-electron chi connectivity index (χ0n) is 14.0. The molecule has 3 rings (SSSR count). The maximum absolute atomic E-state index is 14.4. The maximum atomic E-state index is 14.4. The lowest BCUT2D eigenvalue weighted by Gasteiger charge is -2.10. The van der Waals surface area contributed by atoms with Crippen molar-refractivity contribution in [1.82, 2.24) is 14.3 Å². The summed E-state index contributed by atoms with van der Waals surface area (Å²) in [6, 6.07) is 1.46. The van der Waals surface area contributed by atoms with E-state index in [0.29, 0.717) is 16.7 Å². The summed E-state index contributed by atoms with van der Waals surface area (Å²) >= 11 is 0. The third kappa shape index (κ3) is 4.19. The van der Waals surface area contributed by atoms with Crippen molar-refractivity contribution >= 4 is 10.8 Å². The fraction of sp³-hybridized carbons (Fsp3) is 0.400. The van der Waals surface area contributed by atoms with Gasteiger partial charge in [-0.3, -0.25) is 8.78 Å². The highest BCUT2D eigenvalue weighted by Crippen LogP contribution is 2.38. The molecule has 14 heteroatoms. The summed E-state index contributed by atoms with van der Waals surface area (Å²) in [7, 11) is -2.86. The van der Waals surface area contributed by atoms with E-state index in [1.807, 2.05) is 0 Å². The molecule has 1 saturated carbocycles. The third-order valence-corrected chi connectivity index (χ3v) is 5.33. The lowest BCUT2D eigenvalue weighted by molar-refractivity contribution is -0.147. The number of hydrogen-bond acceptors (Lipinski definition) is 4. The molecule has 0 saturated heterocycles. The zero-order chi connectivity index (χ0) is 21.7. The Hall–Kier alpha value is -2.69. The molecule has 6 nitrogen and oxygen atoms in total. The van der Waals surface area contributed by atoms with Gasteiger partial charge in [0.05, 0.1) is 21.3 Å². The van der Waals surface area contributed by atoms with Crippen molar-refractivity contribution in [2.75, 3.05) is 5.75 Å². The highest BCUT2D eigenvalue weighted by Gasteiger charge is 2.43. The summed E-state index contributed by atoms with van der Waals surface area (Å²) in [5, 5.41) is 12.1. The molecular weight excluding hydrogens is 433 g/mol. The second kappa shape index (κ2) is 6.97. The Morgan fingerprint density at radius 1 is 1.21 bits per heavy atom. The lowest BCUT2D eigenvalue weighted by atomic mass is 10.2. The van der Waals surface area contributed by atoms with Gasteiger partial charge in [-0.25, -0.2) is 9.18 Å². The monoisotopic (exact) mass is 442 g/mol. The molecule has 29 heavy (non-hydrogen) atoms. The number of benzene rings is 1. The van der Waals surface area contributed by atoms with Gasteiger partial charge in [0.25, 0.3) is 0 Å². The van der Waals surface area contributed by atoms with Crippen LogP contribution in [0.25, 0.3) is 5.69 Å². The van der Waals surface area contributed by atoms with E-state index in [9.17, 15) is 39.7 Å². The van der Waals surface area contributed by atoms with Crippen LogP contribution in [-0.2, 0) is 17.0 Å². The first-order chi connectivity index (χ1) is 13.3. The quantitative estimate of drug-likeness (QED) is 0.682. The van der Waals surface area contributed by atoms with Crippen LogP contribution in [0.5, 0.6) is 0 Å². The summed E-state index contributed by atoms with van der Waals surface area (Å²) in [5.74, 6) is -4.84. The van der Waals surface area contributed by atoms with E-state index in [-0.39, 0.29) is 17.5 Å². The summed E-state index contributed by atoms with van der Waals surface area (Å²) < 4.78 is 104. The Balaban J connectivity index is 2.20. The molecule has 0 spiro atoms. The molecule has 0 N–H and O–H groups in total. The van der Waals surface area contributed by atoms with Crippen LogP contribution in [-0.4, -0.2) is 30.5 Å². The molecule has 1 aliphatic carbocycles. The molecule has 156 valence electrons. The number of halogens is 7. The highest BCUT2D eigenvalue weighted by molar-refractivity contribution is 7.85. The molecule has 0 bridgehead atoms. The van der Waals surface area contributed by atoms with Crippen LogP contribution in [0.1, 0.15) is 30.3 Å². The average molecular weight is 442 g/mol. The lowest BCUT2D eigenvalue weighted by Crippen LogP contribution is -2.26. The molecule has 0 radical (unpaired) electrons. The minimum atomic E-state index is -5.04. The molecular formula is C15H9F7N4O2S. The van der Waals surface area contributed by atoms with Gasteiger partial charge < -0.3 is 0 Å². The molecule has 1 aromatic heterocycles. The number of alkyl halides is 6. The predicted molar refractivity (Wildman–Crippen MR) is 83.1 cm³/mol. The Morgan fingerprint density at radius 2 is 1.83 bits per heavy atom. The molecule has 1 aromatic carbocycles. The summed E-state index contributed by atoms with van der Waals surface area (Å²) in [6.45, 7) is 0. The SMILES string of the molecule is N#Cc1cc(F)c(-n2nc(C(F)(F)F)n(C3CC3)c2=O)cc1S(=O)CC(F)(F)F. The van der Waals surface area contributed by atoms with Gasteiger partial charge >= 0.3 is 18.0 Å². The number of nitrogens with zero attached hydrogens (tertiary/aromatic N) is 4. The van der Waals surface area contributed by atoms with E-state index >= 15 is 0 Å². The van der Waals surface area contributed by atoms with Gasteiger partial charge in [0.2, 0.25) is 5.82 Å². The number of rotatable bonds is 4. The highest BCUT2D eigenvalue weighted by atomic mass is 32.2. The van der Waals surface area contributed by atoms with Gasteiger partial charge in [0.1, 0.15) is 23.3 Å². The minimum Gasteiger partial charge on any atom is -0.268 e. The van der Waals surface area contributed by atoms with Crippen LogP contribution in [0.15, 0.2) is 21.8 Å². The van der Waals surface area contributed by atoms with Crippen molar-refractivity contribution < 1.29 is 34.9 Å². The van der Waals surface area contributed by atoms with E-state index in [4.69, 9.17) is 5.26 Å². The first kappa shape index (κ1) is 21.0. The first-order valence-electron chi connectivity index (χ1n) is 7.81. The number of nitriles is 1. The Bertz CT molecular complexity index is 1090. The van der Waals surface area contributed by atoms with Crippen LogP contribution < -0.4 is 5.69 Å². The van der Waals surface area contributed by atoms with Crippen LogP contribution in [0.4, 0.5) is 30.7 Å². The van der Waals surface area contributed by atoms with E-state index in [0.717, 1.165) is 0 Å². The van der Waals surface area contributed by atoms with Crippen molar-refractivity contribution in [3.63, 3.8) is 0 Å². The summed E-state index contributed by atoms with van der Waals surface area (Å²) in [4.78, 5) is 11.6. The molecule has 1 atom stereocenters. The van der Waals surface area contributed by atoms with E-state index in [1.54, 1.807) is 0 Å². The van der Waals surface area contributed by atoms with Gasteiger partial charge in [-0.05, 0) is 25.0 Å². The Morgan fingerprint density at radius 3 is 2.31 bits per heavy atom. The molecule has 0 amide bonds. The van der Waals surface area contributed by atoms with E-state index in [2.05, 4.69) is 5.10 Å². The zero-order valence-corrected chi connectivity index (χ0v) is 14.8. The Labute approximate surface area is 159 Å². The van der Waals surface area contributed by atoms with Crippen LogP contribution in [0, 0.1) is 17.1 Å². The van der Waals surface area contributed by atoms with E-state index < -0.39 is 68.4 Å². The molecule has 0 aliphatic heterocycles. The fourth-order valence-electron chi connectivity index (χ4n) is 2.60.